The molecule has 0 spiro atoms. The molecule has 2 N–H and O–H groups in total. The van der Waals surface area contributed by atoms with E-state index < -0.39 is 0 Å². The molecule has 82 valence electrons. The predicted octanol–water partition coefficient (Wildman–Crippen LogP) is 2.52. The van der Waals surface area contributed by atoms with Crippen LogP contribution in [0.5, 0.6) is 0 Å². The summed E-state index contributed by atoms with van der Waals surface area (Å²) in [6.45, 7) is 1.63. The van der Waals surface area contributed by atoms with Gasteiger partial charge >= 0.3 is 0 Å². The molecule has 4 heteroatoms. The third-order valence-electron chi connectivity index (χ3n) is 2.71. The molecule has 2 rings (SSSR count). The van der Waals surface area contributed by atoms with Crippen molar-refractivity contribution in [3.63, 3.8) is 0 Å². The van der Waals surface area contributed by atoms with E-state index in [2.05, 4.69) is 15.9 Å². The van der Waals surface area contributed by atoms with Crippen LogP contribution in [-0.2, 0) is 0 Å². The van der Waals surface area contributed by atoms with E-state index in [-0.39, 0.29) is 11.9 Å². The fourth-order valence-electron chi connectivity index (χ4n) is 1.96. The molecule has 1 saturated heterocycles. The first-order valence-electron chi connectivity index (χ1n) is 5.12. The van der Waals surface area contributed by atoms with Crippen molar-refractivity contribution in [1.29, 1.82) is 0 Å². The quantitative estimate of drug-likeness (QED) is 0.851. The average molecular weight is 273 g/mol. The largest absolute Gasteiger partial charge is 0.368 e. The Labute approximate surface area is 97.4 Å². The Morgan fingerprint density at radius 2 is 2.27 bits per heavy atom. The summed E-state index contributed by atoms with van der Waals surface area (Å²) in [7, 11) is 0. The highest BCUT2D eigenvalue weighted by molar-refractivity contribution is 9.10. The van der Waals surface area contributed by atoms with Gasteiger partial charge in [0.1, 0.15) is 5.82 Å². The first-order valence-corrected chi connectivity index (χ1v) is 5.91. The lowest BCUT2D eigenvalue weighted by atomic mass is 10.1. The summed E-state index contributed by atoms with van der Waals surface area (Å²) in [6, 6.07) is 5.17. The Balaban J connectivity index is 2.24. The Kier molecular flexibility index (Phi) is 3.26. The van der Waals surface area contributed by atoms with Crippen LogP contribution >= 0.6 is 15.9 Å². The maximum Gasteiger partial charge on any atom is 0.146 e. The Morgan fingerprint density at radius 1 is 1.47 bits per heavy atom. The number of rotatable bonds is 1. The highest BCUT2D eigenvalue weighted by Gasteiger charge is 2.19. The van der Waals surface area contributed by atoms with Crippen molar-refractivity contribution in [3.05, 3.63) is 28.5 Å². The molecule has 0 aliphatic carbocycles. The zero-order chi connectivity index (χ0) is 10.8. The fourth-order valence-corrected chi connectivity index (χ4v) is 2.31. The summed E-state index contributed by atoms with van der Waals surface area (Å²) in [5, 5.41) is 0. The first kappa shape index (κ1) is 10.9. The van der Waals surface area contributed by atoms with E-state index in [0.717, 1.165) is 30.4 Å². The molecule has 1 aliphatic heterocycles. The molecule has 0 amide bonds. The topological polar surface area (TPSA) is 29.3 Å². The minimum atomic E-state index is -0.174. The van der Waals surface area contributed by atoms with Gasteiger partial charge in [-0.05, 0) is 31.0 Å². The van der Waals surface area contributed by atoms with Gasteiger partial charge in [0, 0.05) is 23.6 Å². The van der Waals surface area contributed by atoms with Crippen LogP contribution in [0.3, 0.4) is 0 Å². The van der Waals surface area contributed by atoms with Crippen LogP contribution in [0.25, 0.3) is 0 Å². The van der Waals surface area contributed by atoms with E-state index in [0.29, 0.717) is 5.69 Å². The molecular weight excluding hydrogens is 259 g/mol. The molecule has 15 heavy (non-hydrogen) atoms. The highest BCUT2D eigenvalue weighted by atomic mass is 79.9. The number of nitrogens with zero attached hydrogens (tertiary/aromatic N) is 1. The Morgan fingerprint density at radius 3 is 3.00 bits per heavy atom. The summed E-state index contributed by atoms with van der Waals surface area (Å²) in [4.78, 5) is 2.02. The smallest absolute Gasteiger partial charge is 0.146 e. The SMILES string of the molecule is NC1CCCN(c2cc(Br)ccc2F)C1. The van der Waals surface area contributed by atoms with E-state index in [1.807, 2.05) is 11.0 Å². The second kappa shape index (κ2) is 4.49. The molecule has 1 fully saturated rings. The number of benzene rings is 1. The van der Waals surface area contributed by atoms with Gasteiger partial charge in [0.15, 0.2) is 0 Å². The van der Waals surface area contributed by atoms with Crippen molar-refractivity contribution in [3.8, 4) is 0 Å². The minimum Gasteiger partial charge on any atom is -0.368 e. The van der Waals surface area contributed by atoms with Gasteiger partial charge in [-0.25, -0.2) is 4.39 Å². The lowest BCUT2D eigenvalue weighted by Crippen LogP contribution is -2.43. The standard InChI is InChI=1S/C11H14BrFN2/c12-8-3-4-10(13)11(6-8)15-5-1-2-9(14)7-15/h3-4,6,9H,1-2,5,7,14H2. The molecule has 0 radical (unpaired) electrons. The third-order valence-corrected chi connectivity index (χ3v) is 3.20. The zero-order valence-electron chi connectivity index (χ0n) is 8.42. The molecule has 0 bridgehead atoms. The van der Waals surface area contributed by atoms with Crippen LogP contribution in [0.15, 0.2) is 22.7 Å². The average Bonchev–Trinajstić information content (AvgIpc) is 2.22. The van der Waals surface area contributed by atoms with Crippen molar-refractivity contribution in [2.24, 2.45) is 5.73 Å². The second-order valence-corrected chi connectivity index (χ2v) is 4.86. The van der Waals surface area contributed by atoms with Gasteiger partial charge in [-0.3, -0.25) is 0 Å². The van der Waals surface area contributed by atoms with E-state index >= 15 is 0 Å². The summed E-state index contributed by atoms with van der Waals surface area (Å²) in [5.41, 5.74) is 6.53. The first-order chi connectivity index (χ1) is 7.16. The van der Waals surface area contributed by atoms with Gasteiger partial charge in [-0.2, -0.15) is 0 Å². The predicted molar refractivity (Wildman–Crippen MR) is 63.5 cm³/mol. The normalized spacial score (nSPS) is 21.8. The van der Waals surface area contributed by atoms with Crippen LogP contribution in [0.1, 0.15) is 12.8 Å². The maximum atomic E-state index is 13.6. The molecule has 2 nitrogen and oxygen atoms in total. The van der Waals surface area contributed by atoms with Gasteiger partial charge in [0.2, 0.25) is 0 Å². The van der Waals surface area contributed by atoms with Gasteiger partial charge in [0.05, 0.1) is 5.69 Å². The Hall–Kier alpha value is -0.610. The van der Waals surface area contributed by atoms with Crippen LogP contribution in [0, 0.1) is 5.82 Å². The molecular formula is C11H14BrFN2. The van der Waals surface area contributed by atoms with E-state index in [4.69, 9.17) is 5.73 Å². The highest BCUT2D eigenvalue weighted by Crippen LogP contribution is 2.26. The van der Waals surface area contributed by atoms with Gasteiger partial charge in [0.25, 0.3) is 0 Å². The van der Waals surface area contributed by atoms with Crippen molar-refractivity contribution >= 4 is 21.6 Å². The molecule has 0 saturated carbocycles. The van der Waals surface area contributed by atoms with Crippen molar-refractivity contribution in [1.82, 2.24) is 0 Å². The van der Waals surface area contributed by atoms with Crippen LogP contribution in [0.4, 0.5) is 10.1 Å². The molecule has 1 aromatic rings. The number of hydrogen-bond acceptors (Lipinski definition) is 2. The molecule has 1 atom stereocenters. The van der Waals surface area contributed by atoms with Crippen molar-refractivity contribution in [2.75, 3.05) is 18.0 Å². The van der Waals surface area contributed by atoms with E-state index in [1.54, 1.807) is 6.07 Å². The molecule has 1 heterocycles. The van der Waals surface area contributed by atoms with Crippen molar-refractivity contribution in [2.45, 2.75) is 18.9 Å². The number of piperidine rings is 1. The molecule has 1 unspecified atom stereocenters. The van der Waals surface area contributed by atoms with E-state index in [1.165, 1.54) is 6.07 Å². The number of anilines is 1. The fraction of sp³-hybridized carbons (Fsp3) is 0.455. The van der Waals surface area contributed by atoms with Crippen LogP contribution < -0.4 is 10.6 Å². The van der Waals surface area contributed by atoms with Crippen molar-refractivity contribution < 1.29 is 4.39 Å². The zero-order valence-corrected chi connectivity index (χ0v) is 10.0. The van der Waals surface area contributed by atoms with Crippen LogP contribution in [-0.4, -0.2) is 19.1 Å². The van der Waals surface area contributed by atoms with Gasteiger partial charge in [-0.15, -0.1) is 0 Å². The third kappa shape index (κ3) is 2.49. The second-order valence-electron chi connectivity index (χ2n) is 3.94. The van der Waals surface area contributed by atoms with Gasteiger partial charge < -0.3 is 10.6 Å². The maximum absolute atomic E-state index is 13.6. The summed E-state index contributed by atoms with van der Waals surface area (Å²) in [5.74, 6) is -0.174. The number of nitrogens with two attached hydrogens (primary N) is 1. The number of hydrogen-bond donors (Lipinski definition) is 1. The van der Waals surface area contributed by atoms with Crippen LogP contribution in [0.2, 0.25) is 0 Å². The summed E-state index contributed by atoms with van der Waals surface area (Å²) >= 11 is 3.35. The minimum absolute atomic E-state index is 0.164. The monoisotopic (exact) mass is 272 g/mol. The molecule has 1 aromatic carbocycles. The summed E-state index contributed by atoms with van der Waals surface area (Å²) < 4.78 is 14.5. The Bertz CT molecular complexity index is 356. The lowest BCUT2D eigenvalue weighted by molar-refractivity contribution is 0.498. The van der Waals surface area contributed by atoms with Gasteiger partial charge in [-0.1, -0.05) is 15.9 Å². The number of halogens is 2. The summed E-state index contributed by atoms with van der Waals surface area (Å²) in [6.07, 6.45) is 2.07. The lowest BCUT2D eigenvalue weighted by Gasteiger charge is -2.32. The van der Waals surface area contributed by atoms with E-state index in [9.17, 15) is 4.39 Å². The molecule has 1 aliphatic rings. The molecule has 0 aromatic heterocycles.